The molecule has 4 nitrogen and oxygen atoms in total. The fourth-order valence-corrected chi connectivity index (χ4v) is 2.98. The third-order valence-electron chi connectivity index (χ3n) is 4.21. The van der Waals surface area contributed by atoms with Gasteiger partial charge in [0.15, 0.2) is 5.96 Å². The first-order valence-electron chi connectivity index (χ1n) is 8.17. The van der Waals surface area contributed by atoms with Crippen LogP contribution >= 0.6 is 0 Å². The molecule has 0 saturated carbocycles. The fraction of sp³-hybridized carbons (Fsp3) is 0.316. The number of benzene rings is 2. The molecule has 0 aromatic heterocycles. The van der Waals surface area contributed by atoms with Crippen LogP contribution in [-0.2, 0) is 19.3 Å². The Morgan fingerprint density at radius 2 is 1.87 bits per heavy atom. The molecule has 23 heavy (non-hydrogen) atoms. The number of hydrogen-bond acceptors (Lipinski definition) is 2. The average Bonchev–Trinajstić information content (AvgIpc) is 3.01. The average molecular weight is 309 g/mol. The third-order valence-corrected chi connectivity index (χ3v) is 4.21. The predicted octanol–water partition coefficient (Wildman–Crippen LogP) is 3.24. The van der Waals surface area contributed by atoms with Gasteiger partial charge in [-0.2, -0.15) is 0 Å². The van der Waals surface area contributed by atoms with Crippen molar-refractivity contribution in [1.29, 1.82) is 0 Å². The molecular weight excluding hydrogens is 286 g/mol. The van der Waals surface area contributed by atoms with Crippen LogP contribution in [0.4, 0.5) is 5.69 Å². The number of aliphatic imine (C=N–C) groups is 1. The molecule has 0 bridgehead atoms. The van der Waals surface area contributed by atoms with Gasteiger partial charge in [0.1, 0.15) is 5.75 Å². The maximum absolute atomic E-state index is 9.25. The summed E-state index contributed by atoms with van der Waals surface area (Å²) in [6.45, 7) is 0.685. The van der Waals surface area contributed by atoms with Crippen molar-refractivity contribution < 1.29 is 5.11 Å². The van der Waals surface area contributed by atoms with E-state index in [0.29, 0.717) is 18.3 Å². The van der Waals surface area contributed by atoms with Gasteiger partial charge in [0.25, 0.3) is 0 Å². The first kappa shape index (κ1) is 15.4. The van der Waals surface area contributed by atoms with E-state index in [1.54, 1.807) is 12.1 Å². The standard InChI is InChI=1S/C19H23N3O/c20-19(21-12-2-3-14-6-10-18(23)11-7-14)22-17-9-8-15-4-1-5-16(15)13-17/h6-11,13,23H,1-5,12H2,(H3,20,21,22). The zero-order valence-electron chi connectivity index (χ0n) is 13.3. The SMILES string of the molecule is NC(=NCCCc1ccc(O)cc1)Nc1ccc2c(c1)CCC2. The Balaban J connectivity index is 1.47. The summed E-state index contributed by atoms with van der Waals surface area (Å²) in [4.78, 5) is 4.38. The largest absolute Gasteiger partial charge is 0.508 e. The lowest BCUT2D eigenvalue weighted by Gasteiger charge is -2.08. The molecular formula is C19H23N3O. The quantitative estimate of drug-likeness (QED) is 0.451. The van der Waals surface area contributed by atoms with Gasteiger partial charge < -0.3 is 16.2 Å². The van der Waals surface area contributed by atoms with Crippen LogP contribution < -0.4 is 11.1 Å². The first-order valence-corrected chi connectivity index (χ1v) is 8.17. The number of nitrogens with one attached hydrogen (secondary N) is 1. The molecule has 120 valence electrons. The summed E-state index contributed by atoms with van der Waals surface area (Å²) in [7, 11) is 0. The van der Waals surface area contributed by atoms with Crippen molar-refractivity contribution >= 4 is 11.6 Å². The van der Waals surface area contributed by atoms with Gasteiger partial charge in [-0.05, 0) is 73.1 Å². The summed E-state index contributed by atoms with van der Waals surface area (Å²) in [6.07, 6.45) is 5.46. The molecule has 0 heterocycles. The zero-order chi connectivity index (χ0) is 16.1. The second kappa shape index (κ2) is 7.18. The van der Waals surface area contributed by atoms with E-state index in [1.165, 1.54) is 29.5 Å². The van der Waals surface area contributed by atoms with Gasteiger partial charge in [0.2, 0.25) is 0 Å². The minimum absolute atomic E-state index is 0.301. The van der Waals surface area contributed by atoms with E-state index in [9.17, 15) is 5.11 Å². The van der Waals surface area contributed by atoms with Gasteiger partial charge in [-0.25, -0.2) is 0 Å². The van der Waals surface area contributed by atoms with Crippen LogP contribution in [0.2, 0.25) is 0 Å². The summed E-state index contributed by atoms with van der Waals surface area (Å²) in [6, 6.07) is 13.7. The summed E-state index contributed by atoms with van der Waals surface area (Å²) >= 11 is 0. The number of anilines is 1. The number of guanidine groups is 1. The van der Waals surface area contributed by atoms with Crippen LogP contribution in [0.5, 0.6) is 5.75 Å². The van der Waals surface area contributed by atoms with Crippen molar-refractivity contribution in [2.24, 2.45) is 10.7 Å². The van der Waals surface area contributed by atoms with Crippen LogP contribution in [0, 0.1) is 0 Å². The molecule has 2 aromatic carbocycles. The highest BCUT2D eigenvalue weighted by atomic mass is 16.3. The van der Waals surface area contributed by atoms with Crippen molar-refractivity contribution in [2.75, 3.05) is 11.9 Å². The molecule has 3 rings (SSSR count). The van der Waals surface area contributed by atoms with E-state index < -0.39 is 0 Å². The van der Waals surface area contributed by atoms with Gasteiger partial charge in [-0.1, -0.05) is 18.2 Å². The molecule has 4 N–H and O–H groups in total. The van der Waals surface area contributed by atoms with Gasteiger partial charge in [-0.3, -0.25) is 4.99 Å². The van der Waals surface area contributed by atoms with Crippen LogP contribution in [0.15, 0.2) is 47.5 Å². The van der Waals surface area contributed by atoms with Gasteiger partial charge >= 0.3 is 0 Å². The summed E-state index contributed by atoms with van der Waals surface area (Å²) in [5.74, 6) is 0.767. The fourth-order valence-electron chi connectivity index (χ4n) is 2.98. The highest BCUT2D eigenvalue weighted by Crippen LogP contribution is 2.24. The molecule has 0 amide bonds. The molecule has 4 heteroatoms. The van der Waals surface area contributed by atoms with E-state index in [4.69, 9.17) is 5.73 Å². The molecule has 0 radical (unpaired) electrons. The summed E-state index contributed by atoms with van der Waals surface area (Å²) in [5.41, 5.74) is 11.1. The van der Waals surface area contributed by atoms with E-state index in [0.717, 1.165) is 24.9 Å². The molecule has 1 aliphatic rings. The van der Waals surface area contributed by atoms with Gasteiger partial charge in [0.05, 0.1) is 0 Å². The number of fused-ring (bicyclic) bond motifs is 1. The normalized spacial score (nSPS) is 13.8. The number of aryl methyl sites for hydroxylation is 3. The Bertz CT molecular complexity index is 692. The summed E-state index contributed by atoms with van der Waals surface area (Å²) < 4.78 is 0. The summed E-state index contributed by atoms with van der Waals surface area (Å²) in [5, 5.41) is 12.4. The van der Waals surface area contributed by atoms with Crippen LogP contribution in [0.3, 0.4) is 0 Å². The number of hydrogen-bond donors (Lipinski definition) is 3. The van der Waals surface area contributed by atoms with Crippen molar-refractivity contribution in [1.82, 2.24) is 0 Å². The first-order chi connectivity index (χ1) is 11.2. The predicted molar refractivity (Wildman–Crippen MR) is 95.0 cm³/mol. The molecule has 0 fully saturated rings. The van der Waals surface area contributed by atoms with Crippen molar-refractivity contribution in [3.8, 4) is 5.75 Å². The molecule has 0 atom stereocenters. The van der Waals surface area contributed by atoms with Crippen molar-refractivity contribution in [2.45, 2.75) is 32.1 Å². The van der Waals surface area contributed by atoms with Crippen molar-refractivity contribution in [3.63, 3.8) is 0 Å². The smallest absolute Gasteiger partial charge is 0.193 e. The van der Waals surface area contributed by atoms with E-state index in [1.807, 2.05) is 12.1 Å². The monoisotopic (exact) mass is 309 g/mol. The number of phenols is 1. The highest BCUT2D eigenvalue weighted by molar-refractivity contribution is 5.92. The lowest BCUT2D eigenvalue weighted by molar-refractivity contribution is 0.475. The topological polar surface area (TPSA) is 70.6 Å². The Morgan fingerprint density at radius 1 is 1.09 bits per heavy atom. The lowest BCUT2D eigenvalue weighted by atomic mass is 10.1. The van der Waals surface area contributed by atoms with Crippen LogP contribution in [0.1, 0.15) is 29.5 Å². The van der Waals surface area contributed by atoms with Crippen LogP contribution in [0.25, 0.3) is 0 Å². The molecule has 2 aromatic rings. The second-order valence-corrected chi connectivity index (χ2v) is 6.00. The Kier molecular flexibility index (Phi) is 4.81. The van der Waals surface area contributed by atoms with E-state index in [-0.39, 0.29) is 0 Å². The van der Waals surface area contributed by atoms with Gasteiger partial charge in [-0.15, -0.1) is 0 Å². The number of nitrogens with zero attached hydrogens (tertiary/aromatic N) is 1. The lowest BCUT2D eigenvalue weighted by Crippen LogP contribution is -2.23. The van der Waals surface area contributed by atoms with E-state index >= 15 is 0 Å². The molecule has 1 aliphatic carbocycles. The van der Waals surface area contributed by atoms with Gasteiger partial charge in [0, 0.05) is 12.2 Å². The number of aromatic hydroxyl groups is 1. The van der Waals surface area contributed by atoms with Crippen LogP contribution in [-0.4, -0.2) is 17.6 Å². The van der Waals surface area contributed by atoms with Crippen molar-refractivity contribution in [3.05, 3.63) is 59.2 Å². The zero-order valence-corrected chi connectivity index (χ0v) is 13.3. The maximum Gasteiger partial charge on any atom is 0.193 e. The van der Waals surface area contributed by atoms with E-state index in [2.05, 4.69) is 28.5 Å². The number of rotatable bonds is 5. The minimum Gasteiger partial charge on any atom is -0.508 e. The Labute approximate surface area is 137 Å². The Morgan fingerprint density at radius 3 is 2.70 bits per heavy atom. The molecule has 0 saturated heterocycles. The molecule has 0 spiro atoms. The molecule has 0 unspecified atom stereocenters. The maximum atomic E-state index is 9.25. The third kappa shape index (κ3) is 4.25. The highest BCUT2D eigenvalue weighted by Gasteiger charge is 2.10. The second-order valence-electron chi connectivity index (χ2n) is 6.00. The molecule has 0 aliphatic heterocycles. The number of phenolic OH excluding ortho intramolecular Hbond substituents is 1. The number of nitrogens with two attached hydrogens (primary N) is 1. The Hall–Kier alpha value is -2.49. The minimum atomic E-state index is 0.301.